The van der Waals surface area contributed by atoms with E-state index >= 15 is 0 Å². The van der Waals surface area contributed by atoms with Gasteiger partial charge in [0, 0.05) is 13.1 Å². The molecule has 0 radical (unpaired) electrons. The first-order valence-electron chi connectivity index (χ1n) is 6.53. The maximum Gasteiger partial charge on any atom is 0.419 e. The molecule has 0 spiro atoms. The SMILES string of the molecule is CC1(C(N)=O)CCN(Cc2ccc(O)c(C(F)(F)F)c2)C1. The quantitative estimate of drug-likeness (QED) is 0.898. The van der Waals surface area contributed by atoms with Gasteiger partial charge in [0.25, 0.3) is 0 Å². The number of hydrogen-bond donors (Lipinski definition) is 2. The molecule has 1 unspecified atom stereocenters. The van der Waals surface area contributed by atoms with Crippen LogP contribution in [0.3, 0.4) is 0 Å². The van der Waals surface area contributed by atoms with Gasteiger partial charge >= 0.3 is 6.18 Å². The maximum absolute atomic E-state index is 12.7. The van der Waals surface area contributed by atoms with Crippen LogP contribution in [-0.4, -0.2) is 29.0 Å². The summed E-state index contributed by atoms with van der Waals surface area (Å²) in [4.78, 5) is 13.3. The van der Waals surface area contributed by atoms with Gasteiger partial charge in [0.2, 0.25) is 5.91 Å². The van der Waals surface area contributed by atoms with E-state index in [1.807, 2.05) is 4.90 Å². The van der Waals surface area contributed by atoms with E-state index in [9.17, 15) is 23.1 Å². The van der Waals surface area contributed by atoms with Gasteiger partial charge in [-0.05, 0) is 37.6 Å². The summed E-state index contributed by atoms with van der Waals surface area (Å²) in [5, 5.41) is 9.29. The molecule has 1 amide bonds. The number of aromatic hydroxyl groups is 1. The Labute approximate surface area is 120 Å². The molecule has 4 nitrogen and oxygen atoms in total. The van der Waals surface area contributed by atoms with Crippen molar-refractivity contribution in [1.82, 2.24) is 4.90 Å². The average molecular weight is 302 g/mol. The van der Waals surface area contributed by atoms with E-state index in [1.54, 1.807) is 6.92 Å². The topological polar surface area (TPSA) is 66.6 Å². The van der Waals surface area contributed by atoms with E-state index in [4.69, 9.17) is 5.73 Å². The minimum absolute atomic E-state index is 0.284. The number of carbonyl (C=O) groups excluding carboxylic acids is 1. The van der Waals surface area contributed by atoms with Crippen molar-refractivity contribution in [3.63, 3.8) is 0 Å². The lowest BCUT2D eigenvalue weighted by Gasteiger charge is -2.21. The molecule has 1 aliphatic heterocycles. The van der Waals surface area contributed by atoms with E-state index < -0.39 is 28.8 Å². The number of benzene rings is 1. The van der Waals surface area contributed by atoms with E-state index in [0.29, 0.717) is 25.1 Å². The highest BCUT2D eigenvalue weighted by Crippen LogP contribution is 2.37. The van der Waals surface area contributed by atoms with Crippen molar-refractivity contribution in [2.45, 2.75) is 26.1 Å². The number of carbonyl (C=O) groups is 1. The van der Waals surface area contributed by atoms with Crippen LogP contribution in [0, 0.1) is 5.41 Å². The van der Waals surface area contributed by atoms with Gasteiger partial charge in [0.05, 0.1) is 11.0 Å². The standard InChI is InChI=1S/C14H17F3N2O2/c1-13(12(18)21)4-5-19(8-13)7-9-2-3-11(20)10(6-9)14(15,16)17/h2-3,6,20H,4-5,7-8H2,1H3,(H2,18,21). The molecule has 116 valence electrons. The van der Waals surface area contributed by atoms with Crippen LogP contribution in [0.15, 0.2) is 18.2 Å². The fraction of sp³-hybridized carbons (Fsp3) is 0.500. The van der Waals surface area contributed by atoms with E-state index in [-0.39, 0.29) is 6.54 Å². The zero-order chi connectivity index (χ0) is 15.8. The van der Waals surface area contributed by atoms with Crippen LogP contribution in [-0.2, 0) is 17.5 Å². The van der Waals surface area contributed by atoms with Crippen molar-refractivity contribution < 1.29 is 23.1 Å². The van der Waals surface area contributed by atoms with Crippen molar-refractivity contribution >= 4 is 5.91 Å². The summed E-state index contributed by atoms with van der Waals surface area (Å²) in [6.07, 6.45) is -4.00. The fourth-order valence-electron chi connectivity index (χ4n) is 2.56. The van der Waals surface area contributed by atoms with E-state index in [2.05, 4.69) is 0 Å². The third-order valence-corrected chi connectivity index (χ3v) is 3.92. The molecule has 1 saturated heterocycles. The second-order valence-electron chi connectivity index (χ2n) is 5.73. The summed E-state index contributed by atoms with van der Waals surface area (Å²) < 4.78 is 38.2. The molecule has 1 aromatic carbocycles. The molecule has 1 heterocycles. The second-order valence-corrected chi connectivity index (χ2v) is 5.73. The predicted molar refractivity (Wildman–Crippen MR) is 70.3 cm³/mol. The number of halogens is 3. The number of likely N-dealkylation sites (tertiary alicyclic amines) is 1. The highest BCUT2D eigenvalue weighted by Gasteiger charge is 2.39. The Bertz CT molecular complexity index is 560. The van der Waals surface area contributed by atoms with Gasteiger partial charge in [0.15, 0.2) is 0 Å². The van der Waals surface area contributed by atoms with Gasteiger partial charge in [-0.2, -0.15) is 13.2 Å². The number of rotatable bonds is 3. The molecule has 21 heavy (non-hydrogen) atoms. The smallest absolute Gasteiger partial charge is 0.419 e. The van der Waals surface area contributed by atoms with E-state index in [0.717, 1.165) is 12.1 Å². The van der Waals surface area contributed by atoms with Crippen LogP contribution in [0.1, 0.15) is 24.5 Å². The highest BCUT2D eigenvalue weighted by atomic mass is 19.4. The number of hydrogen-bond acceptors (Lipinski definition) is 3. The number of phenols is 1. The number of nitrogens with zero attached hydrogens (tertiary/aromatic N) is 1. The van der Waals surface area contributed by atoms with Crippen LogP contribution in [0.25, 0.3) is 0 Å². The van der Waals surface area contributed by atoms with Crippen LogP contribution < -0.4 is 5.73 Å². The molecule has 0 bridgehead atoms. The van der Waals surface area contributed by atoms with Crippen molar-refractivity contribution in [1.29, 1.82) is 0 Å². The van der Waals surface area contributed by atoms with Crippen molar-refractivity contribution in [2.24, 2.45) is 11.1 Å². The lowest BCUT2D eigenvalue weighted by molar-refractivity contribution is -0.138. The Morgan fingerprint density at radius 2 is 2.14 bits per heavy atom. The molecule has 0 aromatic heterocycles. The highest BCUT2D eigenvalue weighted by molar-refractivity contribution is 5.81. The van der Waals surface area contributed by atoms with Gasteiger partial charge < -0.3 is 10.8 Å². The average Bonchev–Trinajstić information content (AvgIpc) is 2.73. The molecule has 2 rings (SSSR count). The summed E-state index contributed by atoms with van der Waals surface area (Å²) in [6.45, 7) is 3.06. The molecular formula is C14H17F3N2O2. The molecular weight excluding hydrogens is 285 g/mol. The van der Waals surface area contributed by atoms with Crippen molar-refractivity contribution in [2.75, 3.05) is 13.1 Å². The summed E-state index contributed by atoms with van der Waals surface area (Å²) in [5.74, 6) is -1.18. The molecule has 1 fully saturated rings. The van der Waals surface area contributed by atoms with Crippen LogP contribution in [0.4, 0.5) is 13.2 Å². The number of amides is 1. The molecule has 7 heteroatoms. The van der Waals surface area contributed by atoms with Crippen molar-refractivity contribution in [3.05, 3.63) is 29.3 Å². The predicted octanol–water partition coefficient (Wildman–Crippen LogP) is 2.11. The van der Waals surface area contributed by atoms with Crippen molar-refractivity contribution in [3.8, 4) is 5.75 Å². The van der Waals surface area contributed by atoms with Gasteiger partial charge in [0.1, 0.15) is 5.75 Å². The lowest BCUT2D eigenvalue weighted by atomic mass is 9.89. The minimum Gasteiger partial charge on any atom is -0.507 e. The maximum atomic E-state index is 12.7. The van der Waals surface area contributed by atoms with Gasteiger partial charge in [-0.3, -0.25) is 9.69 Å². The Balaban J connectivity index is 2.13. The van der Waals surface area contributed by atoms with Gasteiger partial charge in [-0.1, -0.05) is 6.07 Å². The summed E-state index contributed by atoms with van der Waals surface area (Å²) >= 11 is 0. The Morgan fingerprint density at radius 1 is 1.48 bits per heavy atom. The Kier molecular flexibility index (Phi) is 3.88. The number of alkyl halides is 3. The Morgan fingerprint density at radius 3 is 2.67 bits per heavy atom. The van der Waals surface area contributed by atoms with Gasteiger partial charge in [-0.25, -0.2) is 0 Å². The minimum atomic E-state index is -4.59. The first-order valence-corrected chi connectivity index (χ1v) is 6.53. The molecule has 1 atom stereocenters. The van der Waals surface area contributed by atoms with Crippen LogP contribution in [0.5, 0.6) is 5.75 Å². The van der Waals surface area contributed by atoms with Crippen LogP contribution in [0.2, 0.25) is 0 Å². The van der Waals surface area contributed by atoms with Crippen LogP contribution >= 0.6 is 0 Å². The number of phenolic OH excluding ortho intramolecular Hbond substituents is 1. The largest absolute Gasteiger partial charge is 0.507 e. The normalized spacial score (nSPS) is 23.4. The number of primary amides is 1. The fourth-order valence-corrected chi connectivity index (χ4v) is 2.56. The Hall–Kier alpha value is -1.76. The summed E-state index contributed by atoms with van der Waals surface area (Å²) in [7, 11) is 0. The molecule has 1 aromatic rings. The lowest BCUT2D eigenvalue weighted by Crippen LogP contribution is -2.36. The zero-order valence-electron chi connectivity index (χ0n) is 11.6. The third kappa shape index (κ3) is 3.29. The summed E-state index contributed by atoms with van der Waals surface area (Å²) in [5.41, 5.74) is 4.10. The zero-order valence-corrected chi connectivity index (χ0v) is 11.6. The van der Waals surface area contributed by atoms with E-state index in [1.165, 1.54) is 6.07 Å². The first kappa shape index (κ1) is 15.6. The monoisotopic (exact) mass is 302 g/mol. The molecule has 1 aliphatic rings. The second kappa shape index (κ2) is 5.22. The molecule has 0 saturated carbocycles. The molecule has 3 N–H and O–H groups in total. The number of nitrogens with two attached hydrogens (primary N) is 1. The summed E-state index contributed by atoms with van der Waals surface area (Å²) in [6, 6.07) is 3.43. The van der Waals surface area contributed by atoms with Gasteiger partial charge in [-0.15, -0.1) is 0 Å². The third-order valence-electron chi connectivity index (χ3n) is 3.92. The first-order chi connectivity index (χ1) is 9.62. The molecule has 0 aliphatic carbocycles.